The van der Waals surface area contributed by atoms with Crippen molar-refractivity contribution in [2.75, 3.05) is 0 Å². The number of esters is 1. The van der Waals surface area contributed by atoms with Crippen molar-refractivity contribution in [2.45, 2.75) is 0 Å². The van der Waals surface area contributed by atoms with Crippen LogP contribution in [-0.4, -0.2) is 5.97 Å². The Morgan fingerprint density at radius 1 is 1.31 bits per heavy atom. The summed E-state index contributed by atoms with van der Waals surface area (Å²) in [7, 11) is 0. The minimum absolute atomic E-state index is 0. The van der Waals surface area contributed by atoms with Crippen LogP contribution in [0.2, 0.25) is 0 Å². The van der Waals surface area contributed by atoms with Crippen molar-refractivity contribution in [1.29, 1.82) is 0 Å². The zero-order chi connectivity index (χ0) is 8.72. The normalized spacial score (nSPS) is 13.2. The van der Waals surface area contributed by atoms with Gasteiger partial charge in [-0.15, -0.1) is 5.75 Å². The van der Waals surface area contributed by atoms with Crippen LogP contribution in [0.15, 0.2) is 24.8 Å². The van der Waals surface area contributed by atoms with Crippen LogP contribution in [0, 0.1) is 0 Å². The van der Waals surface area contributed by atoms with Gasteiger partial charge in [0.25, 0.3) is 0 Å². The summed E-state index contributed by atoms with van der Waals surface area (Å²) in [5.74, 6) is -0.323. The molecule has 0 spiro atoms. The monoisotopic (exact) mass is 200 g/mol. The Morgan fingerprint density at radius 2 is 2.00 bits per heavy atom. The van der Waals surface area contributed by atoms with E-state index in [-0.39, 0.29) is 62.9 Å². The molecule has 0 amide bonds. The molecule has 3 nitrogen and oxygen atoms in total. The number of ether oxygens (including phenoxy) is 1. The SMILES string of the molecule is C=C1OC(=O)c2ccc([O-])cc21.[K+]. The van der Waals surface area contributed by atoms with E-state index in [0.29, 0.717) is 11.1 Å². The van der Waals surface area contributed by atoms with Gasteiger partial charge < -0.3 is 9.84 Å². The molecule has 0 unspecified atom stereocenters. The summed E-state index contributed by atoms with van der Waals surface area (Å²) in [6.45, 7) is 3.51. The van der Waals surface area contributed by atoms with E-state index >= 15 is 0 Å². The van der Waals surface area contributed by atoms with E-state index in [9.17, 15) is 9.90 Å². The number of cyclic esters (lactones) is 1. The van der Waals surface area contributed by atoms with Gasteiger partial charge in [-0.3, -0.25) is 0 Å². The van der Waals surface area contributed by atoms with Gasteiger partial charge in [-0.05, 0) is 6.07 Å². The van der Waals surface area contributed by atoms with Gasteiger partial charge in [-0.25, -0.2) is 4.79 Å². The van der Waals surface area contributed by atoms with E-state index in [1.807, 2.05) is 0 Å². The fourth-order valence-electron chi connectivity index (χ4n) is 1.15. The largest absolute Gasteiger partial charge is 1.00 e. The van der Waals surface area contributed by atoms with E-state index in [4.69, 9.17) is 4.74 Å². The van der Waals surface area contributed by atoms with Crippen molar-refractivity contribution in [3.63, 3.8) is 0 Å². The number of benzene rings is 1. The summed E-state index contributed by atoms with van der Waals surface area (Å²) in [5, 5.41) is 10.9. The average molecular weight is 200 g/mol. The van der Waals surface area contributed by atoms with E-state index in [1.165, 1.54) is 18.2 Å². The summed E-state index contributed by atoms with van der Waals surface area (Å²) in [4.78, 5) is 11.0. The zero-order valence-corrected chi connectivity index (χ0v) is 10.3. The average Bonchev–Trinajstić information content (AvgIpc) is 2.28. The van der Waals surface area contributed by atoms with Crippen molar-refractivity contribution in [3.05, 3.63) is 35.9 Å². The maximum Gasteiger partial charge on any atom is 1.00 e. The van der Waals surface area contributed by atoms with Gasteiger partial charge in [0.05, 0.1) is 5.56 Å². The molecular weight excluding hydrogens is 195 g/mol. The van der Waals surface area contributed by atoms with Crippen molar-refractivity contribution in [3.8, 4) is 5.75 Å². The second-order valence-electron chi connectivity index (χ2n) is 2.52. The van der Waals surface area contributed by atoms with Crippen LogP contribution in [0.5, 0.6) is 5.75 Å². The number of hydrogen-bond donors (Lipinski definition) is 0. The van der Waals surface area contributed by atoms with Gasteiger partial charge in [0.1, 0.15) is 5.76 Å². The molecule has 1 aliphatic heterocycles. The minimum atomic E-state index is -0.435. The van der Waals surface area contributed by atoms with Crippen LogP contribution in [0.25, 0.3) is 5.76 Å². The molecule has 0 aliphatic carbocycles. The van der Waals surface area contributed by atoms with Gasteiger partial charge in [-0.2, -0.15) is 0 Å². The zero-order valence-electron chi connectivity index (χ0n) is 7.16. The second-order valence-corrected chi connectivity index (χ2v) is 2.52. The predicted molar refractivity (Wildman–Crippen MR) is 40.3 cm³/mol. The molecular formula is C9H5KO3. The van der Waals surface area contributed by atoms with E-state index < -0.39 is 5.97 Å². The first kappa shape index (κ1) is 10.9. The summed E-state index contributed by atoms with van der Waals surface area (Å²) < 4.78 is 4.71. The van der Waals surface area contributed by atoms with Crippen LogP contribution < -0.4 is 56.5 Å². The molecule has 0 aromatic heterocycles. The molecule has 1 heterocycles. The third-order valence-corrected chi connectivity index (χ3v) is 1.73. The van der Waals surface area contributed by atoms with Gasteiger partial charge in [-0.1, -0.05) is 18.7 Å². The molecule has 60 valence electrons. The summed E-state index contributed by atoms with van der Waals surface area (Å²) >= 11 is 0. The Labute approximate surface area is 118 Å². The van der Waals surface area contributed by atoms with Crippen molar-refractivity contribution < 1.29 is 66.0 Å². The van der Waals surface area contributed by atoms with Crippen molar-refractivity contribution in [2.24, 2.45) is 0 Å². The third kappa shape index (κ3) is 1.87. The Kier molecular flexibility index (Phi) is 3.31. The van der Waals surface area contributed by atoms with Crippen LogP contribution in [-0.2, 0) is 4.74 Å². The molecule has 1 aliphatic rings. The Balaban J connectivity index is 0.000000845. The third-order valence-electron chi connectivity index (χ3n) is 1.73. The molecule has 13 heavy (non-hydrogen) atoms. The van der Waals surface area contributed by atoms with E-state index in [2.05, 4.69) is 6.58 Å². The standard InChI is InChI=1S/C9H6O3.K/c1-5-8-4-6(10)2-3-7(8)9(11)12-5;/h2-4,10H,1H2;/q;+1/p-1. The topological polar surface area (TPSA) is 49.4 Å². The summed E-state index contributed by atoms with van der Waals surface area (Å²) in [6, 6.07) is 4.14. The fraction of sp³-hybridized carbons (Fsp3) is 0. The molecule has 1 aromatic carbocycles. The maximum absolute atomic E-state index is 11.0. The molecule has 0 fully saturated rings. The minimum Gasteiger partial charge on any atom is -0.872 e. The van der Waals surface area contributed by atoms with Gasteiger partial charge in [0, 0.05) is 5.56 Å². The van der Waals surface area contributed by atoms with Crippen LogP contribution in [0.4, 0.5) is 0 Å². The molecule has 1 aromatic rings. The van der Waals surface area contributed by atoms with Crippen LogP contribution in [0.1, 0.15) is 15.9 Å². The van der Waals surface area contributed by atoms with E-state index in [0.717, 1.165) is 0 Å². The number of carbonyl (C=O) groups is 1. The van der Waals surface area contributed by atoms with Gasteiger partial charge >= 0.3 is 57.4 Å². The number of hydrogen-bond acceptors (Lipinski definition) is 3. The van der Waals surface area contributed by atoms with Crippen LogP contribution >= 0.6 is 0 Å². The summed E-state index contributed by atoms with van der Waals surface area (Å²) in [5.41, 5.74) is 0.923. The predicted octanol–water partition coefficient (Wildman–Crippen LogP) is -2.09. The van der Waals surface area contributed by atoms with Gasteiger partial charge in [0.15, 0.2) is 0 Å². The number of carbonyl (C=O) groups excluding carboxylic acids is 1. The van der Waals surface area contributed by atoms with Gasteiger partial charge in [0.2, 0.25) is 0 Å². The Hall–Kier alpha value is -0.134. The molecule has 0 saturated heterocycles. The molecule has 0 atom stereocenters. The fourth-order valence-corrected chi connectivity index (χ4v) is 1.15. The Bertz CT molecular complexity index is 384. The summed E-state index contributed by atoms with van der Waals surface area (Å²) in [6.07, 6.45) is 0. The molecule has 0 radical (unpaired) electrons. The first-order valence-electron chi connectivity index (χ1n) is 3.41. The first-order chi connectivity index (χ1) is 5.68. The number of fused-ring (bicyclic) bond motifs is 1. The molecule has 4 heteroatoms. The molecule has 0 bridgehead atoms. The van der Waals surface area contributed by atoms with E-state index in [1.54, 1.807) is 0 Å². The quantitative estimate of drug-likeness (QED) is 0.356. The second kappa shape index (κ2) is 3.94. The van der Waals surface area contributed by atoms with Crippen molar-refractivity contribution in [1.82, 2.24) is 0 Å². The smallest absolute Gasteiger partial charge is 0.872 e. The Morgan fingerprint density at radius 3 is 2.69 bits per heavy atom. The maximum atomic E-state index is 11.0. The molecule has 0 N–H and O–H groups in total. The molecule has 2 rings (SSSR count). The van der Waals surface area contributed by atoms with Crippen molar-refractivity contribution >= 4 is 11.7 Å². The van der Waals surface area contributed by atoms with Crippen LogP contribution in [0.3, 0.4) is 0 Å². The first-order valence-corrected chi connectivity index (χ1v) is 3.41. The number of rotatable bonds is 0. The molecule has 0 saturated carbocycles.